The van der Waals surface area contributed by atoms with Gasteiger partial charge in [-0.3, -0.25) is 0 Å². The molecule has 6 heteroatoms. The molecule has 0 radical (unpaired) electrons. The molecule has 86 valence electrons. The first-order valence-corrected chi connectivity index (χ1v) is 5.92. The number of hydrogen-bond acceptors (Lipinski definition) is 6. The van der Waals surface area contributed by atoms with Crippen molar-refractivity contribution in [1.82, 2.24) is 15.0 Å². The van der Waals surface area contributed by atoms with Gasteiger partial charge in [0.05, 0.1) is 17.2 Å². The minimum atomic E-state index is 0.372. The average Bonchev–Trinajstić information content (AvgIpc) is 2.75. The third-order valence-electron chi connectivity index (χ3n) is 2.16. The fourth-order valence-corrected chi connectivity index (χ4v) is 1.99. The summed E-state index contributed by atoms with van der Waals surface area (Å²) in [5, 5.41) is 11.8. The number of thiazole rings is 1. The van der Waals surface area contributed by atoms with Gasteiger partial charge in [0.2, 0.25) is 5.95 Å². The van der Waals surface area contributed by atoms with Crippen LogP contribution < -0.4 is 4.90 Å². The normalized spacial score (nSPS) is 9.94. The minimum absolute atomic E-state index is 0.372. The van der Waals surface area contributed by atoms with E-state index in [1.165, 1.54) is 0 Å². The van der Waals surface area contributed by atoms with Crippen LogP contribution in [0.3, 0.4) is 0 Å². The van der Waals surface area contributed by atoms with E-state index in [1.54, 1.807) is 23.6 Å². The number of anilines is 1. The van der Waals surface area contributed by atoms with Crippen LogP contribution in [0.15, 0.2) is 17.6 Å². The summed E-state index contributed by atoms with van der Waals surface area (Å²) in [5.74, 6) is 0.537. The summed E-state index contributed by atoms with van der Waals surface area (Å²) in [6, 6.07) is 3.59. The summed E-state index contributed by atoms with van der Waals surface area (Å²) in [6.07, 6.45) is 1.59. The second-order valence-electron chi connectivity index (χ2n) is 3.57. The van der Waals surface area contributed by atoms with Gasteiger partial charge in [0.25, 0.3) is 0 Å². The fraction of sp³-hybridized carbons (Fsp3) is 0.273. The van der Waals surface area contributed by atoms with Crippen LogP contribution in [0.1, 0.15) is 16.4 Å². The maximum absolute atomic E-state index is 8.77. The van der Waals surface area contributed by atoms with Crippen molar-refractivity contribution >= 4 is 17.3 Å². The smallest absolute Gasteiger partial charge is 0.226 e. The Hall–Kier alpha value is -2.00. The lowest BCUT2D eigenvalue weighted by molar-refractivity contribution is 0.842. The molecule has 0 saturated heterocycles. The quantitative estimate of drug-likeness (QED) is 0.824. The summed E-state index contributed by atoms with van der Waals surface area (Å²) >= 11 is 1.62. The molecule has 0 spiro atoms. The Kier molecular flexibility index (Phi) is 3.30. The summed E-state index contributed by atoms with van der Waals surface area (Å²) < 4.78 is 0. The highest BCUT2D eigenvalue weighted by Crippen LogP contribution is 2.13. The van der Waals surface area contributed by atoms with Crippen molar-refractivity contribution in [1.29, 1.82) is 5.26 Å². The van der Waals surface area contributed by atoms with E-state index in [0.717, 1.165) is 10.7 Å². The predicted molar refractivity (Wildman–Crippen MR) is 65.7 cm³/mol. The van der Waals surface area contributed by atoms with Crippen LogP contribution in [0.2, 0.25) is 0 Å². The van der Waals surface area contributed by atoms with E-state index >= 15 is 0 Å². The van der Waals surface area contributed by atoms with Gasteiger partial charge in [-0.1, -0.05) is 0 Å². The van der Waals surface area contributed by atoms with E-state index < -0.39 is 0 Å². The largest absolute Gasteiger partial charge is 0.338 e. The van der Waals surface area contributed by atoms with Gasteiger partial charge in [-0.25, -0.2) is 15.0 Å². The molecule has 0 unspecified atom stereocenters. The maximum atomic E-state index is 8.77. The number of aromatic nitrogens is 3. The third kappa shape index (κ3) is 2.77. The van der Waals surface area contributed by atoms with Crippen LogP contribution >= 0.6 is 11.3 Å². The van der Waals surface area contributed by atoms with Gasteiger partial charge in [-0.15, -0.1) is 11.3 Å². The minimum Gasteiger partial charge on any atom is -0.338 e. The molecular formula is C11H11N5S. The summed E-state index contributed by atoms with van der Waals surface area (Å²) in [6.45, 7) is 2.61. The van der Waals surface area contributed by atoms with Gasteiger partial charge in [0, 0.05) is 18.6 Å². The van der Waals surface area contributed by atoms with Crippen LogP contribution in [0.4, 0.5) is 5.95 Å². The molecule has 0 bridgehead atoms. The van der Waals surface area contributed by atoms with E-state index in [1.807, 2.05) is 30.3 Å². The topological polar surface area (TPSA) is 65.7 Å². The Labute approximate surface area is 103 Å². The highest BCUT2D eigenvalue weighted by Gasteiger charge is 2.07. The lowest BCUT2D eigenvalue weighted by Gasteiger charge is -2.15. The zero-order chi connectivity index (χ0) is 12.3. The highest BCUT2D eigenvalue weighted by molar-refractivity contribution is 7.09. The molecule has 2 heterocycles. The third-order valence-corrected chi connectivity index (χ3v) is 2.99. The van der Waals surface area contributed by atoms with Crippen molar-refractivity contribution < 1.29 is 0 Å². The zero-order valence-corrected chi connectivity index (χ0v) is 10.4. The molecule has 0 aliphatic heterocycles. The molecule has 5 nitrogen and oxygen atoms in total. The van der Waals surface area contributed by atoms with Crippen molar-refractivity contribution in [3.05, 3.63) is 34.0 Å². The molecule has 0 saturated carbocycles. The number of rotatable bonds is 3. The lowest BCUT2D eigenvalue weighted by atomic mass is 10.4. The first-order valence-electron chi connectivity index (χ1n) is 5.04. The zero-order valence-electron chi connectivity index (χ0n) is 9.58. The molecule has 0 aliphatic rings. The van der Waals surface area contributed by atoms with Crippen LogP contribution in [0.5, 0.6) is 0 Å². The van der Waals surface area contributed by atoms with Crippen molar-refractivity contribution in [2.45, 2.75) is 13.5 Å². The monoisotopic (exact) mass is 245 g/mol. The van der Waals surface area contributed by atoms with Crippen molar-refractivity contribution in [2.75, 3.05) is 11.9 Å². The maximum Gasteiger partial charge on any atom is 0.226 e. The predicted octanol–water partition coefficient (Wildman–Crippen LogP) is 1.75. The Bertz CT molecular complexity index is 557. The van der Waals surface area contributed by atoms with Crippen LogP contribution in [-0.4, -0.2) is 22.0 Å². The Balaban J connectivity index is 2.14. The Morgan fingerprint density at radius 3 is 2.94 bits per heavy atom. The van der Waals surface area contributed by atoms with Crippen LogP contribution in [-0.2, 0) is 6.54 Å². The summed E-state index contributed by atoms with van der Waals surface area (Å²) in [5.41, 5.74) is 1.36. The molecule has 0 aliphatic carbocycles. The Morgan fingerprint density at radius 2 is 2.29 bits per heavy atom. The second-order valence-corrected chi connectivity index (χ2v) is 4.63. The molecular weight excluding hydrogens is 234 g/mol. The standard InChI is InChI=1S/C11H11N5S/c1-8-14-10(7-17-8)6-16(2)11-13-4-3-9(5-12)15-11/h3-4,7H,6H2,1-2H3. The van der Waals surface area contributed by atoms with Gasteiger partial charge in [-0.2, -0.15) is 5.26 Å². The molecule has 17 heavy (non-hydrogen) atoms. The van der Waals surface area contributed by atoms with E-state index in [2.05, 4.69) is 15.0 Å². The number of aryl methyl sites for hydroxylation is 1. The van der Waals surface area contributed by atoms with Gasteiger partial charge in [0.1, 0.15) is 11.8 Å². The van der Waals surface area contributed by atoms with Crippen molar-refractivity contribution in [3.63, 3.8) is 0 Å². The lowest BCUT2D eigenvalue weighted by Crippen LogP contribution is -2.19. The first-order chi connectivity index (χ1) is 8.19. The van der Waals surface area contributed by atoms with E-state index in [0.29, 0.717) is 18.2 Å². The van der Waals surface area contributed by atoms with Gasteiger partial charge < -0.3 is 4.90 Å². The fourth-order valence-electron chi connectivity index (χ4n) is 1.39. The molecule has 0 fully saturated rings. The van der Waals surface area contributed by atoms with Crippen molar-refractivity contribution in [3.8, 4) is 6.07 Å². The summed E-state index contributed by atoms with van der Waals surface area (Å²) in [4.78, 5) is 14.5. The first kappa shape index (κ1) is 11.5. The molecule has 0 aromatic carbocycles. The van der Waals surface area contributed by atoms with Crippen LogP contribution in [0.25, 0.3) is 0 Å². The average molecular weight is 245 g/mol. The summed E-state index contributed by atoms with van der Waals surface area (Å²) in [7, 11) is 1.88. The van der Waals surface area contributed by atoms with E-state index in [9.17, 15) is 0 Å². The van der Waals surface area contributed by atoms with Gasteiger partial charge in [0.15, 0.2) is 0 Å². The van der Waals surface area contributed by atoms with Crippen LogP contribution in [0, 0.1) is 18.3 Å². The van der Waals surface area contributed by atoms with E-state index in [-0.39, 0.29) is 0 Å². The molecule has 2 aromatic rings. The highest BCUT2D eigenvalue weighted by atomic mass is 32.1. The number of hydrogen-bond donors (Lipinski definition) is 0. The second kappa shape index (κ2) is 4.89. The molecule has 0 N–H and O–H groups in total. The number of nitrogens with zero attached hydrogens (tertiary/aromatic N) is 5. The molecule has 2 aromatic heterocycles. The molecule has 0 amide bonds. The SMILES string of the molecule is Cc1nc(CN(C)c2nccc(C#N)n2)cs1. The van der Waals surface area contributed by atoms with Gasteiger partial charge >= 0.3 is 0 Å². The number of nitriles is 1. The molecule has 0 atom stereocenters. The Morgan fingerprint density at radius 1 is 1.47 bits per heavy atom. The van der Waals surface area contributed by atoms with E-state index in [4.69, 9.17) is 5.26 Å². The van der Waals surface area contributed by atoms with Crippen molar-refractivity contribution in [2.24, 2.45) is 0 Å². The van der Waals surface area contributed by atoms with Gasteiger partial charge in [-0.05, 0) is 13.0 Å². The molecule has 2 rings (SSSR count).